The fourth-order valence-electron chi connectivity index (χ4n) is 4.22. The third-order valence-corrected chi connectivity index (χ3v) is 7.10. The first-order valence-corrected chi connectivity index (χ1v) is 11.8. The molecule has 176 valence electrons. The molecule has 0 saturated carbocycles. The van der Waals surface area contributed by atoms with Crippen LogP contribution in [0.1, 0.15) is 38.8 Å². The van der Waals surface area contributed by atoms with Crippen LogP contribution in [0.5, 0.6) is 17.2 Å². The Labute approximate surface area is 202 Å². The highest BCUT2D eigenvalue weighted by Crippen LogP contribution is 2.37. The van der Waals surface area contributed by atoms with Crippen molar-refractivity contribution in [2.45, 2.75) is 52.4 Å². The Morgan fingerprint density at radius 3 is 2.21 bits per heavy atom. The molecule has 0 amide bonds. The van der Waals surface area contributed by atoms with E-state index in [1.54, 1.807) is 0 Å². The maximum atomic E-state index is 6.15. The van der Waals surface area contributed by atoms with Crippen LogP contribution < -0.4 is 19.7 Å². The average molecular weight is 458 g/mol. The van der Waals surface area contributed by atoms with Gasteiger partial charge in [-0.05, 0) is 86.6 Å². The minimum absolute atomic E-state index is 0.355. The van der Waals surface area contributed by atoms with Crippen molar-refractivity contribution in [1.29, 1.82) is 0 Å². The summed E-state index contributed by atoms with van der Waals surface area (Å²) in [5, 5.41) is 0. The minimum Gasteiger partial charge on any atom is -0.489 e. The van der Waals surface area contributed by atoms with Gasteiger partial charge in [0.2, 0.25) is 0 Å². The molecule has 1 saturated heterocycles. The zero-order valence-corrected chi connectivity index (χ0v) is 20.5. The molecule has 0 spiro atoms. The van der Waals surface area contributed by atoms with Crippen LogP contribution in [0.4, 0.5) is 0 Å². The van der Waals surface area contributed by atoms with E-state index in [4.69, 9.17) is 23.5 Å². The minimum atomic E-state index is -0.371. The number of fused-ring (bicyclic) bond motifs is 1. The molecule has 0 radical (unpaired) electrons. The van der Waals surface area contributed by atoms with Crippen molar-refractivity contribution in [3.8, 4) is 28.4 Å². The van der Waals surface area contributed by atoms with Crippen LogP contribution in [0, 0.1) is 6.92 Å². The van der Waals surface area contributed by atoms with Gasteiger partial charge < -0.3 is 23.5 Å². The summed E-state index contributed by atoms with van der Waals surface area (Å²) < 4.78 is 29.8. The van der Waals surface area contributed by atoms with E-state index in [2.05, 4.69) is 65.0 Å². The van der Waals surface area contributed by atoms with E-state index in [1.807, 2.05) is 30.3 Å². The average Bonchev–Trinajstić information content (AvgIpc) is 3.05. The SMILES string of the molecule is Cc1c(COc2ccc(B3OC(C)(C)C(C)(C)O3)cc2)cccc1-c1ccc2c(c1)OCCO2. The second-order valence-electron chi connectivity index (χ2n) is 9.89. The smallest absolute Gasteiger partial charge is 0.489 e. The summed E-state index contributed by atoms with van der Waals surface area (Å²) in [6.45, 7) is 12.0. The van der Waals surface area contributed by atoms with E-state index in [-0.39, 0.29) is 18.3 Å². The lowest BCUT2D eigenvalue weighted by molar-refractivity contribution is 0.00578. The number of hydrogen-bond donors (Lipinski definition) is 0. The Balaban J connectivity index is 1.28. The highest BCUT2D eigenvalue weighted by Gasteiger charge is 2.51. The first kappa shape index (κ1) is 22.8. The molecule has 0 aliphatic carbocycles. The Morgan fingerprint density at radius 1 is 0.824 bits per heavy atom. The fraction of sp³-hybridized carbons (Fsp3) is 0.357. The molecule has 5 rings (SSSR count). The number of rotatable bonds is 5. The largest absolute Gasteiger partial charge is 0.494 e. The predicted molar refractivity (Wildman–Crippen MR) is 134 cm³/mol. The van der Waals surface area contributed by atoms with E-state index >= 15 is 0 Å². The van der Waals surface area contributed by atoms with Gasteiger partial charge in [0, 0.05) is 0 Å². The van der Waals surface area contributed by atoms with Crippen molar-refractivity contribution in [1.82, 2.24) is 0 Å². The fourth-order valence-corrected chi connectivity index (χ4v) is 4.22. The third-order valence-electron chi connectivity index (χ3n) is 7.10. The standard InChI is InChI=1S/C28H31BO5/c1-19-21(7-6-8-24(19)20-9-14-25-26(17-20)31-16-15-30-25)18-32-23-12-10-22(11-13-23)29-33-27(2,3)28(4,5)34-29/h6-14,17H,15-16,18H2,1-5H3. The topological polar surface area (TPSA) is 46.2 Å². The van der Waals surface area contributed by atoms with Gasteiger partial charge in [0.05, 0.1) is 11.2 Å². The van der Waals surface area contributed by atoms with Crippen LogP contribution in [0.2, 0.25) is 0 Å². The molecule has 0 atom stereocenters. The van der Waals surface area contributed by atoms with E-state index < -0.39 is 0 Å². The van der Waals surface area contributed by atoms with E-state index in [9.17, 15) is 0 Å². The summed E-state index contributed by atoms with van der Waals surface area (Å²) in [6.07, 6.45) is 0. The van der Waals surface area contributed by atoms with Gasteiger partial charge in [-0.3, -0.25) is 0 Å². The van der Waals surface area contributed by atoms with E-state index in [0.29, 0.717) is 19.8 Å². The second kappa shape index (κ2) is 8.68. The van der Waals surface area contributed by atoms with Crippen molar-refractivity contribution in [2.75, 3.05) is 13.2 Å². The van der Waals surface area contributed by atoms with Crippen LogP contribution in [-0.2, 0) is 15.9 Å². The van der Waals surface area contributed by atoms with Gasteiger partial charge >= 0.3 is 7.12 Å². The number of ether oxygens (including phenoxy) is 3. The molecule has 0 N–H and O–H groups in total. The van der Waals surface area contributed by atoms with Crippen molar-refractivity contribution in [2.24, 2.45) is 0 Å². The first-order valence-electron chi connectivity index (χ1n) is 11.8. The van der Waals surface area contributed by atoms with E-state index in [1.165, 1.54) is 5.56 Å². The normalized spacial score (nSPS) is 18.1. The molecule has 2 aliphatic heterocycles. The first-order chi connectivity index (χ1) is 16.2. The number of benzene rings is 3. The lowest BCUT2D eigenvalue weighted by Crippen LogP contribution is -2.41. The zero-order chi connectivity index (χ0) is 23.9. The van der Waals surface area contributed by atoms with Gasteiger partial charge in [0.15, 0.2) is 11.5 Å². The Morgan fingerprint density at radius 2 is 1.50 bits per heavy atom. The summed E-state index contributed by atoms with van der Waals surface area (Å²) in [4.78, 5) is 0. The second-order valence-corrected chi connectivity index (χ2v) is 9.89. The quantitative estimate of drug-likeness (QED) is 0.485. The molecule has 0 bridgehead atoms. The maximum Gasteiger partial charge on any atom is 0.494 e. The van der Waals surface area contributed by atoms with Gasteiger partial charge in [0.1, 0.15) is 25.6 Å². The van der Waals surface area contributed by atoms with Crippen LogP contribution in [0.25, 0.3) is 11.1 Å². The van der Waals surface area contributed by atoms with E-state index in [0.717, 1.165) is 39.4 Å². The molecule has 2 heterocycles. The number of hydrogen-bond acceptors (Lipinski definition) is 5. The molecule has 34 heavy (non-hydrogen) atoms. The van der Waals surface area contributed by atoms with Crippen LogP contribution in [-0.4, -0.2) is 31.5 Å². The molecule has 1 fully saturated rings. The van der Waals surface area contributed by atoms with Crippen LogP contribution in [0.15, 0.2) is 60.7 Å². The monoisotopic (exact) mass is 458 g/mol. The summed E-state index contributed by atoms with van der Waals surface area (Å²) in [6, 6.07) is 20.4. The molecule has 0 unspecified atom stereocenters. The summed E-state index contributed by atoms with van der Waals surface area (Å²) in [5.74, 6) is 2.41. The molecular formula is C28H31BO5. The highest BCUT2D eigenvalue weighted by atomic mass is 16.7. The summed E-state index contributed by atoms with van der Waals surface area (Å²) in [7, 11) is -0.371. The molecule has 3 aromatic rings. The molecule has 6 heteroatoms. The maximum absolute atomic E-state index is 6.15. The predicted octanol–water partition coefficient (Wildman–Crippen LogP) is 5.31. The van der Waals surface area contributed by atoms with Gasteiger partial charge in [0.25, 0.3) is 0 Å². The van der Waals surface area contributed by atoms with Crippen molar-refractivity contribution in [3.63, 3.8) is 0 Å². The highest BCUT2D eigenvalue weighted by molar-refractivity contribution is 6.62. The molecule has 5 nitrogen and oxygen atoms in total. The van der Waals surface area contributed by atoms with Gasteiger partial charge in [-0.1, -0.05) is 36.4 Å². The van der Waals surface area contributed by atoms with Gasteiger partial charge in [-0.25, -0.2) is 0 Å². The zero-order valence-electron chi connectivity index (χ0n) is 20.5. The lowest BCUT2D eigenvalue weighted by Gasteiger charge is -2.32. The summed E-state index contributed by atoms with van der Waals surface area (Å²) >= 11 is 0. The van der Waals surface area contributed by atoms with Crippen molar-refractivity contribution in [3.05, 3.63) is 71.8 Å². The molecular weight excluding hydrogens is 427 g/mol. The Hall–Kier alpha value is -2.96. The third kappa shape index (κ3) is 4.28. The van der Waals surface area contributed by atoms with Crippen LogP contribution >= 0.6 is 0 Å². The van der Waals surface area contributed by atoms with Crippen molar-refractivity contribution >= 4 is 12.6 Å². The van der Waals surface area contributed by atoms with Gasteiger partial charge in [-0.2, -0.15) is 0 Å². The Kier molecular flexibility index (Phi) is 5.82. The molecule has 3 aromatic carbocycles. The Bertz CT molecular complexity index is 1170. The molecule has 2 aliphatic rings. The lowest BCUT2D eigenvalue weighted by atomic mass is 9.79. The summed E-state index contributed by atoms with van der Waals surface area (Å²) in [5.41, 5.74) is 4.88. The van der Waals surface area contributed by atoms with Crippen LogP contribution in [0.3, 0.4) is 0 Å². The molecule has 0 aromatic heterocycles. The van der Waals surface area contributed by atoms with Gasteiger partial charge in [-0.15, -0.1) is 0 Å². The van der Waals surface area contributed by atoms with Crippen molar-refractivity contribution < 1.29 is 23.5 Å².